The Hall–Kier alpha value is -0.0800. The molecule has 0 aliphatic rings. The van der Waals surface area contributed by atoms with Gasteiger partial charge in [0.25, 0.3) is 0 Å². The summed E-state index contributed by atoms with van der Waals surface area (Å²) in [6.07, 6.45) is 2.00. The molecule has 0 aliphatic heterocycles. The highest BCUT2D eigenvalue weighted by Gasteiger charge is 2.22. The van der Waals surface area contributed by atoms with Crippen LogP contribution in [0.4, 0.5) is 0 Å². The molecule has 4 nitrogen and oxygen atoms in total. The quantitative estimate of drug-likeness (QED) is 0.806. The Morgan fingerprint density at radius 2 is 2.22 bits per heavy atom. The SMILES string of the molecule is CSCC(C)CNS(=O)(=O)c1c(C)csc1CO. The number of aryl methyl sites for hydroxylation is 1. The third-order valence-electron chi connectivity index (χ3n) is 2.47. The van der Waals surface area contributed by atoms with Gasteiger partial charge >= 0.3 is 0 Å². The first-order valence-electron chi connectivity index (χ1n) is 5.58. The van der Waals surface area contributed by atoms with Gasteiger partial charge in [-0.25, -0.2) is 13.1 Å². The largest absolute Gasteiger partial charge is 0.391 e. The van der Waals surface area contributed by atoms with Gasteiger partial charge in [0.05, 0.1) is 11.5 Å². The zero-order valence-electron chi connectivity index (χ0n) is 10.8. The van der Waals surface area contributed by atoms with Crippen molar-refractivity contribution < 1.29 is 13.5 Å². The second-order valence-corrected chi connectivity index (χ2v) is 7.82. The van der Waals surface area contributed by atoms with Crippen LogP contribution >= 0.6 is 23.1 Å². The fourth-order valence-corrected chi connectivity index (χ4v) is 5.13. The first-order chi connectivity index (χ1) is 8.42. The molecule has 0 aliphatic carbocycles. The molecule has 18 heavy (non-hydrogen) atoms. The van der Waals surface area contributed by atoms with Crippen molar-refractivity contribution in [3.05, 3.63) is 15.8 Å². The highest BCUT2D eigenvalue weighted by Crippen LogP contribution is 2.26. The maximum Gasteiger partial charge on any atom is 0.242 e. The molecule has 104 valence electrons. The maximum absolute atomic E-state index is 12.2. The Morgan fingerprint density at radius 1 is 1.56 bits per heavy atom. The van der Waals surface area contributed by atoms with Crippen LogP contribution in [-0.4, -0.2) is 32.1 Å². The summed E-state index contributed by atoms with van der Waals surface area (Å²) in [6, 6.07) is 0. The Kier molecular flexibility index (Phi) is 6.13. The van der Waals surface area contributed by atoms with E-state index < -0.39 is 10.0 Å². The van der Waals surface area contributed by atoms with E-state index in [0.717, 1.165) is 5.75 Å². The van der Waals surface area contributed by atoms with Gasteiger partial charge in [-0.15, -0.1) is 11.3 Å². The summed E-state index contributed by atoms with van der Waals surface area (Å²) in [7, 11) is -3.51. The number of hydrogen-bond acceptors (Lipinski definition) is 5. The van der Waals surface area contributed by atoms with Crippen LogP contribution in [0, 0.1) is 12.8 Å². The lowest BCUT2D eigenvalue weighted by molar-refractivity contribution is 0.282. The van der Waals surface area contributed by atoms with Crippen LogP contribution in [0.15, 0.2) is 10.3 Å². The number of thioether (sulfide) groups is 1. The summed E-state index contributed by atoms with van der Waals surface area (Å²) in [6.45, 7) is 3.93. The molecule has 0 radical (unpaired) electrons. The lowest BCUT2D eigenvalue weighted by Gasteiger charge is -2.12. The average Bonchev–Trinajstić information content (AvgIpc) is 2.69. The van der Waals surface area contributed by atoms with Gasteiger partial charge in [0.15, 0.2) is 0 Å². The van der Waals surface area contributed by atoms with Crippen molar-refractivity contribution in [3.8, 4) is 0 Å². The summed E-state index contributed by atoms with van der Waals surface area (Å²) in [5, 5.41) is 10.9. The molecule has 0 bridgehead atoms. The molecule has 1 aromatic heterocycles. The number of hydrogen-bond donors (Lipinski definition) is 2. The summed E-state index contributed by atoms with van der Waals surface area (Å²) in [5.41, 5.74) is 0.689. The lowest BCUT2D eigenvalue weighted by Crippen LogP contribution is -2.30. The molecular formula is C11H19NO3S3. The fourth-order valence-electron chi connectivity index (χ4n) is 1.62. The number of nitrogens with one attached hydrogen (secondary N) is 1. The highest BCUT2D eigenvalue weighted by molar-refractivity contribution is 7.98. The average molecular weight is 309 g/mol. The summed E-state index contributed by atoms with van der Waals surface area (Å²) in [4.78, 5) is 0.740. The second-order valence-electron chi connectivity index (χ2n) is 4.24. The standard InChI is InChI=1S/C11H19NO3S3/c1-8(6-16-3)4-12-18(14,15)11-9(2)7-17-10(11)5-13/h7-8,12-13H,4-6H2,1-3H3. The molecular weight excluding hydrogens is 290 g/mol. The molecule has 2 N–H and O–H groups in total. The van der Waals surface area contributed by atoms with E-state index in [4.69, 9.17) is 0 Å². The van der Waals surface area contributed by atoms with Gasteiger partial charge in [0.2, 0.25) is 10.0 Å². The normalized spacial score (nSPS) is 13.8. The maximum atomic E-state index is 12.2. The fraction of sp³-hybridized carbons (Fsp3) is 0.636. The number of aliphatic hydroxyl groups excluding tert-OH is 1. The van der Waals surface area contributed by atoms with E-state index in [1.54, 1.807) is 24.1 Å². The molecule has 1 heterocycles. The van der Waals surface area contributed by atoms with Crippen molar-refractivity contribution in [1.29, 1.82) is 0 Å². The summed E-state index contributed by atoms with van der Waals surface area (Å²) in [5.74, 6) is 1.20. The minimum absolute atomic E-state index is 0.241. The lowest BCUT2D eigenvalue weighted by atomic mass is 10.2. The molecule has 1 unspecified atom stereocenters. The van der Waals surface area contributed by atoms with Gasteiger partial charge in [-0.1, -0.05) is 6.92 Å². The van der Waals surface area contributed by atoms with Crippen molar-refractivity contribution in [1.82, 2.24) is 4.72 Å². The molecule has 1 rings (SSSR count). The minimum Gasteiger partial charge on any atom is -0.391 e. The molecule has 7 heteroatoms. The van der Waals surface area contributed by atoms with Crippen molar-refractivity contribution in [3.63, 3.8) is 0 Å². The van der Waals surface area contributed by atoms with Crippen LogP contribution in [0.3, 0.4) is 0 Å². The van der Waals surface area contributed by atoms with E-state index in [-0.39, 0.29) is 17.4 Å². The molecule has 0 amide bonds. The predicted octanol–water partition coefficient (Wildman–Crippen LogP) is 1.83. The van der Waals surface area contributed by atoms with Crippen LogP contribution in [0.2, 0.25) is 0 Å². The Labute approximate surface area is 117 Å². The van der Waals surface area contributed by atoms with E-state index in [2.05, 4.69) is 4.72 Å². The second kappa shape index (κ2) is 6.91. The number of rotatable bonds is 7. The number of sulfonamides is 1. The van der Waals surface area contributed by atoms with Crippen LogP contribution < -0.4 is 4.72 Å². The molecule has 1 aromatic rings. The first-order valence-corrected chi connectivity index (χ1v) is 9.34. The van der Waals surface area contributed by atoms with Gasteiger partial charge in [-0.2, -0.15) is 11.8 Å². The van der Waals surface area contributed by atoms with Gasteiger partial charge < -0.3 is 5.11 Å². The summed E-state index contributed by atoms with van der Waals surface area (Å²) < 4.78 is 27.0. The Bertz CT molecular complexity index is 482. The number of thiophene rings is 1. The Balaban J connectivity index is 2.83. The van der Waals surface area contributed by atoms with Crippen molar-refractivity contribution in [2.75, 3.05) is 18.6 Å². The topological polar surface area (TPSA) is 66.4 Å². The van der Waals surface area contributed by atoms with Crippen LogP contribution in [0.5, 0.6) is 0 Å². The van der Waals surface area contributed by atoms with Crippen molar-refractivity contribution >= 4 is 33.1 Å². The van der Waals surface area contributed by atoms with E-state index in [1.165, 1.54) is 11.3 Å². The van der Waals surface area contributed by atoms with E-state index in [0.29, 0.717) is 17.0 Å². The first kappa shape index (κ1) is 16.0. The highest BCUT2D eigenvalue weighted by atomic mass is 32.2. The predicted molar refractivity (Wildman–Crippen MR) is 77.7 cm³/mol. The van der Waals surface area contributed by atoms with Crippen LogP contribution in [0.1, 0.15) is 17.4 Å². The van der Waals surface area contributed by atoms with Crippen LogP contribution in [-0.2, 0) is 16.6 Å². The summed E-state index contributed by atoms with van der Waals surface area (Å²) >= 11 is 2.97. The van der Waals surface area contributed by atoms with E-state index >= 15 is 0 Å². The molecule has 0 saturated heterocycles. The zero-order chi connectivity index (χ0) is 13.8. The Morgan fingerprint density at radius 3 is 2.78 bits per heavy atom. The van der Waals surface area contributed by atoms with Crippen LogP contribution in [0.25, 0.3) is 0 Å². The van der Waals surface area contributed by atoms with Gasteiger partial charge in [-0.3, -0.25) is 0 Å². The van der Waals surface area contributed by atoms with Gasteiger partial charge in [-0.05, 0) is 35.8 Å². The van der Waals surface area contributed by atoms with Gasteiger partial charge in [0.1, 0.15) is 4.90 Å². The zero-order valence-corrected chi connectivity index (χ0v) is 13.2. The van der Waals surface area contributed by atoms with Crippen molar-refractivity contribution in [2.45, 2.75) is 25.3 Å². The van der Waals surface area contributed by atoms with E-state index in [9.17, 15) is 13.5 Å². The molecule has 1 atom stereocenters. The van der Waals surface area contributed by atoms with Crippen molar-refractivity contribution in [2.24, 2.45) is 5.92 Å². The smallest absolute Gasteiger partial charge is 0.242 e. The molecule has 0 saturated carbocycles. The minimum atomic E-state index is -3.51. The number of aliphatic hydroxyl groups is 1. The van der Waals surface area contributed by atoms with E-state index in [1.807, 2.05) is 13.2 Å². The molecule has 0 aromatic carbocycles. The third kappa shape index (κ3) is 3.96. The third-order valence-corrected chi connectivity index (χ3v) is 6.25. The molecule has 0 spiro atoms. The van der Waals surface area contributed by atoms with Gasteiger partial charge in [0, 0.05) is 6.54 Å². The molecule has 0 fully saturated rings. The monoisotopic (exact) mass is 309 g/mol.